The highest BCUT2D eigenvalue weighted by Crippen LogP contribution is 2.35. The van der Waals surface area contributed by atoms with E-state index in [9.17, 15) is 10.2 Å². The standard InChI is InChI=1S/C12H13N3O3/c16-9-5-3-4-8(10(9)17)11-13-12(14-18-11)15-6-1-2-7-15/h3-5,16-17H,1-2,6-7H2. The van der Waals surface area contributed by atoms with E-state index in [4.69, 9.17) is 4.52 Å². The maximum Gasteiger partial charge on any atom is 0.266 e. The topological polar surface area (TPSA) is 82.6 Å². The second kappa shape index (κ2) is 4.21. The molecule has 0 atom stereocenters. The third-order valence-corrected chi connectivity index (χ3v) is 3.05. The van der Waals surface area contributed by atoms with Crippen LogP contribution in [0.4, 0.5) is 5.95 Å². The van der Waals surface area contributed by atoms with Gasteiger partial charge in [0.1, 0.15) is 0 Å². The summed E-state index contributed by atoms with van der Waals surface area (Å²) in [5.74, 6) is 0.304. The molecule has 3 rings (SSSR count). The van der Waals surface area contributed by atoms with Crippen molar-refractivity contribution in [2.75, 3.05) is 18.0 Å². The molecule has 0 aliphatic carbocycles. The van der Waals surface area contributed by atoms with Gasteiger partial charge in [0.05, 0.1) is 5.56 Å². The summed E-state index contributed by atoms with van der Waals surface area (Å²) in [6.45, 7) is 1.84. The van der Waals surface area contributed by atoms with E-state index in [2.05, 4.69) is 10.1 Å². The van der Waals surface area contributed by atoms with Gasteiger partial charge in [-0.3, -0.25) is 0 Å². The van der Waals surface area contributed by atoms with Crippen LogP contribution in [-0.2, 0) is 0 Å². The average molecular weight is 247 g/mol. The summed E-state index contributed by atoms with van der Waals surface area (Å²) < 4.78 is 5.13. The van der Waals surface area contributed by atoms with Crippen LogP contribution in [0.5, 0.6) is 11.5 Å². The highest BCUT2D eigenvalue weighted by Gasteiger charge is 2.20. The first-order valence-corrected chi connectivity index (χ1v) is 5.85. The predicted molar refractivity (Wildman–Crippen MR) is 64.5 cm³/mol. The van der Waals surface area contributed by atoms with Crippen molar-refractivity contribution in [3.63, 3.8) is 0 Å². The van der Waals surface area contributed by atoms with Crippen molar-refractivity contribution in [3.05, 3.63) is 18.2 Å². The summed E-state index contributed by atoms with van der Waals surface area (Å²) in [5, 5.41) is 23.1. The smallest absolute Gasteiger partial charge is 0.266 e. The Morgan fingerprint density at radius 2 is 1.94 bits per heavy atom. The number of aromatic hydroxyl groups is 2. The van der Waals surface area contributed by atoms with Gasteiger partial charge in [0.2, 0.25) is 0 Å². The number of rotatable bonds is 2. The minimum Gasteiger partial charge on any atom is -0.504 e. The highest BCUT2D eigenvalue weighted by atomic mass is 16.5. The molecule has 0 radical (unpaired) electrons. The number of nitrogens with zero attached hydrogens (tertiary/aromatic N) is 3. The predicted octanol–water partition coefficient (Wildman–Crippen LogP) is 1.75. The number of anilines is 1. The molecular weight excluding hydrogens is 234 g/mol. The Labute approximate surface area is 103 Å². The lowest BCUT2D eigenvalue weighted by Crippen LogP contribution is -2.18. The molecule has 0 bridgehead atoms. The fourth-order valence-corrected chi connectivity index (χ4v) is 2.07. The van der Waals surface area contributed by atoms with E-state index in [0.717, 1.165) is 25.9 Å². The van der Waals surface area contributed by atoms with Gasteiger partial charge in [-0.15, -0.1) is 0 Å². The van der Waals surface area contributed by atoms with Crippen LogP contribution < -0.4 is 4.90 Å². The van der Waals surface area contributed by atoms with E-state index < -0.39 is 0 Å². The summed E-state index contributed by atoms with van der Waals surface area (Å²) in [7, 11) is 0. The second-order valence-corrected chi connectivity index (χ2v) is 4.27. The number of hydrogen-bond acceptors (Lipinski definition) is 6. The second-order valence-electron chi connectivity index (χ2n) is 4.27. The molecule has 1 fully saturated rings. The largest absolute Gasteiger partial charge is 0.504 e. The molecule has 18 heavy (non-hydrogen) atoms. The normalized spacial score (nSPS) is 15.2. The van der Waals surface area contributed by atoms with Gasteiger partial charge >= 0.3 is 0 Å². The Hall–Kier alpha value is -2.24. The van der Waals surface area contributed by atoms with E-state index in [1.54, 1.807) is 12.1 Å². The molecule has 0 unspecified atom stereocenters. The van der Waals surface area contributed by atoms with E-state index in [-0.39, 0.29) is 17.4 Å². The zero-order valence-electron chi connectivity index (χ0n) is 9.70. The van der Waals surface area contributed by atoms with E-state index in [0.29, 0.717) is 11.5 Å². The summed E-state index contributed by atoms with van der Waals surface area (Å²) in [4.78, 5) is 6.28. The Bertz CT molecular complexity index is 561. The summed E-state index contributed by atoms with van der Waals surface area (Å²) in [6.07, 6.45) is 2.25. The van der Waals surface area contributed by atoms with Crippen LogP contribution in [0.15, 0.2) is 22.7 Å². The van der Waals surface area contributed by atoms with E-state index >= 15 is 0 Å². The molecule has 2 aromatic rings. The number of aromatic nitrogens is 2. The van der Waals surface area contributed by atoms with Gasteiger partial charge in [-0.1, -0.05) is 6.07 Å². The molecule has 1 aromatic carbocycles. The average Bonchev–Trinajstić information content (AvgIpc) is 3.01. The van der Waals surface area contributed by atoms with Crippen LogP contribution in [0.2, 0.25) is 0 Å². The third-order valence-electron chi connectivity index (χ3n) is 3.05. The van der Waals surface area contributed by atoms with Gasteiger partial charge in [0.15, 0.2) is 11.5 Å². The van der Waals surface area contributed by atoms with Gasteiger partial charge < -0.3 is 19.6 Å². The number of hydrogen-bond donors (Lipinski definition) is 2. The van der Waals surface area contributed by atoms with Gasteiger partial charge in [-0.2, -0.15) is 4.98 Å². The number of phenolic OH excluding ortho intramolecular Hbond substituents is 2. The van der Waals surface area contributed by atoms with Crippen molar-refractivity contribution in [1.82, 2.24) is 10.1 Å². The summed E-state index contributed by atoms with van der Waals surface area (Å²) in [5.41, 5.74) is 0.341. The summed E-state index contributed by atoms with van der Waals surface area (Å²) >= 11 is 0. The molecule has 2 N–H and O–H groups in total. The molecule has 0 saturated carbocycles. The molecule has 94 valence electrons. The van der Waals surface area contributed by atoms with E-state index in [1.165, 1.54) is 6.07 Å². The minimum absolute atomic E-state index is 0.201. The zero-order chi connectivity index (χ0) is 12.5. The lowest BCUT2D eigenvalue weighted by molar-refractivity contribution is 0.397. The van der Waals surface area contributed by atoms with Crippen molar-refractivity contribution in [3.8, 4) is 23.0 Å². The Balaban J connectivity index is 1.95. The van der Waals surface area contributed by atoms with Crippen molar-refractivity contribution >= 4 is 5.95 Å². The first-order valence-electron chi connectivity index (χ1n) is 5.85. The SMILES string of the molecule is Oc1cccc(-c2nc(N3CCCC3)no2)c1O. The van der Waals surface area contributed by atoms with Crippen molar-refractivity contribution in [2.45, 2.75) is 12.8 Å². The number of benzene rings is 1. The van der Waals surface area contributed by atoms with Crippen LogP contribution >= 0.6 is 0 Å². The van der Waals surface area contributed by atoms with Crippen LogP contribution in [0.25, 0.3) is 11.5 Å². The molecule has 0 spiro atoms. The molecule has 2 heterocycles. The molecule has 1 aromatic heterocycles. The van der Waals surface area contributed by atoms with Gasteiger partial charge in [0, 0.05) is 13.1 Å². The molecule has 6 heteroatoms. The fraction of sp³-hybridized carbons (Fsp3) is 0.333. The lowest BCUT2D eigenvalue weighted by Gasteiger charge is -2.09. The fourth-order valence-electron chi connectivity index (χ4n) is 2.07. The van der Waals surface area contributed by atoms with Gasteiger partial charge in [-0.25, -0.2) is 0 Å². The van der Waals surface area contributed by atoms with Crippen LogP contribution in [-0.4, -0.2) is 33.4 Å². The molecule has 6 nitrogen and oxygen atoms in total. The van der Waals surface area contributed by atoms with Crippen LogP contribution in [0.3, 0.4) is 0 Å². The molecule has 0 amide bonds. The van der Waals surface area contributed by atoms with Crippen molar-refractivity contribution in [2.24, 2.45) is 0 Å². The number of phenols is 2. The Morgan fingerprint density at radius 1 is 1.17 bits per heavy atom. The third kappa shape index (κ3) is 1.75. The monoisotopic (exact) mass is 247 g/mol. The quantitative estimate of drug-likeness (QED) is 0.787. The van der Waals surface area contributed by atoms with Crippen LogP contribution in [0.1, 0.15) is 12.8 Å². The zero-order valence-corrected chi connectivity index (χ0v) is 9.70. The number of para-hydroxylation sites is 1. The Morgan fingerprint density at radius 3 is 2.72 bits per heavy atom. The first kappa shape index (κ1) is 10.9. The maximum absolute atomic E-state index is 9.73. The minimum atomic E-state index is -0.242. The van der Waals surface area contributed by atoms with Crippen molar-refractivity contribution < 1.29 is 14.7 Å². The van der Waals surface area contributed by atoms with Crippen molar-refractivity contribution in [1.29, 1.82) is 0 Å². The molecular formula is C12H13N3O3. The summed E-state index contributed by atoms with van der Waals surface area (Å²) in [6, 6.07) is 4.64. The lowest BCUT2D eigenvalue weighted by atomic mass is 10.2. The molecule has 1 aliphatic rings. The van der Waals surface area contributed by atoms with E-state index in [1.807, 2.05) is 4.90 Å². The van der Waals surface area contributed by atoms with Crippen LogP contribution in [0, 0.1) is 0 Å². The van der Waals surface area contributed by atoms with Gasteiger partial charge in [-0.05, 0) is 30.1 Å². The maximum atomic E-state index is 9.73. The molecule has 1 aliphatic heterocycles. The highest BCUT2D eigenvalue weighted by molar-refractivity contribution is 5.67. The van der Waals surface area contributed by atoms with Gasteiger partial charge in [0.25, 0.3) is 11.8 Å². The molecule has 1 saturated heterocycles. The first-order chi connectivity index (χ1) is 8.75. The Kier molecular flexibility index (Phi) is 2.55.